The molecular formula is C15H16N4O. The Morgan fingerprint density at radius 3 is 3.05 bits per heavy atom. The molecule has 0 aliphatic carbocycles. The molecule has 5 heteroatoms. The molecule has 1 N–H and O–H groups in total. The van der Waals surface area contributed by atoms with E-state index < -0.39 is 0 Å². The number of hydrogen-bond donors (Lipinski definition) is 1. The second-order valence-electron chi connectivity index (χ2n) is 4.82. The van der Waals surface area contributed by atoms with Crippen molar-refractivity contribution in [1.29, 1.82) is 0 Å². The number of likely N-dealkylation sites (N-methyl/N-ethyl adjacent to an activating group) is 1. The molecule has 5 nitrogen and oxygen atoms in total. The maximum atomic E-state index is 5.34. The van der Waals surface area contributed by atoms with Gasteiger partial charge in [0.05, 0.1) is 5.52 Å². The highest BCUT2D eigenvalue weighted by Gasteiger charge is 2.11. The average Bonchev–Trinajstić information content (AvgIpc) is 2.95. The average molecular weight is 268 g/mol. The van der Waals surface area contributed by atoms with Gasteiger partial charge in [0.15, 0.2) is 5.82 Å². The summed E-state index contributed by atoms with van der Waals surface area (Å²) in [5.74, 6) is 1.27. The zero-order valence-electron chi connectivity index (χ0n) is 11.5. The Balaban J connectivity index is 1.91. The van der Waals surface area contributed by atoms with E-state index >= 15 is 0 Å². The van der Waals surface area contributed by atoms with E-state index in [2.05, 4.69) is 27.4 Å². The van der Waals surface area contributed by atoms with E-state index in [0.29, 0.717) is 17.8 Å². The summed E-state index contributed by atoms with van der Waals surface area (Å²) < 4.78 is 5.34. The van der Waals surface area contributed by atoms with Crippen molar-refractivity contribution in [2.75, 3.05) is 7.05 Å². The number of fused-ring (bicyclic) bond motifs is 1. The fourth-order valence-corrected chi connectivity index (χ4v) is 2.04. The van der Waals surface area contributed by atoms with Gasteiger partial charge in [0, 0.05) is 29.6 Å². The fraction of sp³-hybridized carbons (Fsp3) is 0.267. The van der Waals surface area contributed by atoms with Crippen LogP contribution in [-0.4, -0.2) is 28.2 Å². The number of nitrogens with one attached hydrogen (secondary N) is 1. The monoisotopic (exact) mass is 268 g/mol. The summed E-state index contributed by atoms with van der Waals surface area (Å²) in [7, 11) is 1.92. The standard InChI is InChI=1S/C15H16N4O/c1-10(16-2)8-14-18-15(20-19-14)12-5-6-13-11(9-12)4-3-7-17-13/h3-7,9-10,16H,8H2,1-2H3. The Morgan fingerprint density at radius 1 is 1.30 bits per heavy atom. The molecule has 0 amide bonds. The lowest BCUT2D eigenvalue weighted by atomic mass is 10.1. The number of hydrogen-bond acceptors (Lipinski definition) is 5. The lowest BCUT2D eigenvalue weighted by Gasteiger charge is -2.04. The first-order chi connectivity index (χ1) is 9.76. The Kier molecular flexibility index (Phi) is 3.43. The van der Waals surface area contributed by atoms with Crippen LogP contribution in [-0.2, 0) is 6.42 Å². The van der Waals surface area contributed by atoms with E-state index in [1.54, 1.807) is 6.20 Å². The van der Waals surface area contributed by atoms with Crippen LogP contribution in [0, 0.1) is 0 Å². The topological polar surface area (TPSA) is 63.8 Å². The van der Waals surface area contributed by atoms with Crippen molar-refractivity contribution in [3.63, 3.8) is 0 Å². The minimum Gasteiger partial charge on any atom is -0.334 e. The molecule has 0 aliphatic heterocycles. The molecule has 0 saturated carbocycles. The molecule has 102 valence electrons. The van der Waals surface area contributed by atoms with E-state index in [1.807, 2.05) is 37.4 Å². The van der Waals surface area contributed by atoms with Crippen LogP contribution in [0.2, 0.25) is 0 Å². The van der Waals surface area contributed by atoms with Gasteiger partial charge in [-0.3, -0.25) is 4.98 Å². The predicted molar refractivity (Wildman–Crippen MR) is 77.3 cm³/mol. The quantitative estimate of drug-likeness (QED) is 0.787. The Bertz CT molecular complexity index is 722. The normalized spacial score (nSPS) is 12.7. The predicted octanol–water partition coefficient (Wildman–Crippen LogP) is 2.44. The Labute approximate surface area is 117 Å². The molecule has 3 rings (SSSR count). The minimum atomic E-state index is 0.321. The SMILES string of the molecule is CNC(C)Cc1noc(-c2ccc3ncccc3c2)n1. The fourth-order valence-electron chi connectivity index (χ4n) is 2.04. The number of pyridine rings is 1. The first kappa shape index (κ1) is 12.7. The summed E-state index contributed by atoms with van der Waals surface area (Å²) in [5.41, 5.74) is 1.88. The third kappa shape index (κ3) is 2.53. The highest BCUT2D eigenvalue weighted by Crippen LogP contribution is 2.22. The van der Waals surface area contributed by atoms with E-state index in [-0.39, 0.29) is 0 Å². The van der Waals surface area contributed by atoms with Gasteiger partial charge in [-0.1, -0.05) is 11.2 Å². The summed E-state index contributed by atoms with van der Waals surface area (Å²) in [6.45, 7) is 2.08. The van der Waals surface area contributed by atoms with Gasteiger partial charge >= 0.3 is 0 Å². The van der Waals surface area contributed by atoms with Crippen molar-refractivity contribution >= 4 is 10.9 Å². The number of aromatic nitrogens is 3. The van der Waals surface area contributed by atoms with Gasteiger partial charge in [0.1, 0.15) is 0 Å². The van der Waals surface area contributed by atoms with Gasteiger partial charge in [0.25, 0.3) is 5.89 Å². The maximum Gasteiger partial charge on any atom is 0.257 e. The maximum absolute atomic E-state index is 5.34. The Hall–Kier alpha value is -2.27. The largest absolute Gasteiger partial charge is 0.334 e. The molecule has 0 spiro atoms. The van der Waals surface area contributed by atoms with Gasteiger partial charge in [-0.05, 0) is 38.2 Å². The lowest BCUT2D eigenvalue weighted by molar-refractivity contribution is 0.418. The number of benzene rings is 1. The van der Waals surface area contributed by atoms with Crippen molar-refractivity contribution in [3.8, 4) is 11.5 Å². The van der Waals surface area contributed by atoms with E-state index in [1.165, 1.54) is 0 Å². The molecule has 1 aromatic carbocycles. The molecule has 0 radical (unpaired) electrons. The van der Waals surface area contributed by atoms with Crippen LogP contribution in [0.25, 0.3) is 22.4 Å². The zero-order chi connectivity index (χ0) is 13.9. The summed E-state index contributed by atoms with van der Waals surface area (Å²) >= 11 is 0. The molecule has 20 heavy (non-hydrogen) atoms. The van der Waals surface area contributed by atoms with Crippen molar-refractivity contribution in [1.82, 2.24) is 20.4 Å². The van der Waals surface area contributed by atoms with Crippen LogP contribution in [0.15, 0.2) is 41.1 Å². The smallest absolute Gasteiger partial charge is 0.257 e. The summed E-state index contributed by atoms with van der Waals surface area (Å²) in [6.07, 6.45) is 2.53. The van der Waals surface area contributed by atoms with Gasteiger partial charge in [-0.15, -0.1) is 0 Å². The van der Waals surface area contributed by atoms with Gasteiger partial charge in [-0.2, -0.15) is 4.98 Å². The Morgan fingerprint density at radius 2 is 2.20 bits per heavy atom. The van der Waals surface area contributed by atoms with E-state index in [4.69, 9.17) is 4.52 Å². The summed E-state index contributed by atoms with van der Waals surface area (Å²) in [6, 6.07) is 10.2. The van der Waals surface area contributed by atoms with Crippen molar-refractivity contribution in [3.05, 3.63) is 42.4 Å². The molecular weight excluding hydrogens is 252 g/mol. The summed E-state index contributed by atoms with van der Waals surface area (Å²) in [5, 5.41) is 8.24. The highest BCUT2D eigenvalue weighted by atomic mass is 16.5. The first-order valence-corrected chi connectivity index (χ1v) is 6.61. The van der Waals surface area contributed by atoms with Gasteiger partial charge < -0.3 is 9.84 Å². The van der Waals surface area contributed by atoms with E-state index in [9.17, 15) is 0 Å². The number of rotatable bonds is 4. The molecule has 1 atom stereocenters. The van der Waals surface area contributed by atoms with E-state index in [0.717, 1.165) is 22.9 Å². The minimum absolute atomic E-state index is 0.321. The van der Waals surface area contributed by atoms with Crippen molar-refractivity contribution in [2.24, 2.45) is 0 Å². The molecule has 2 aromatic heterocycles. The summed E-state index contributed by atoms with van der Waals surface area (Å²) in [4.78, 5) is 8.73. The molecule has 0 bridgehead atoms. The third-order valence-electron chi connectivity index (χ3n) is 3.30. The van der Waals surface area contributed by atoms with Gasteiger partial charge in [0.2, 0.25) is 0 Å². The number of nitrogens with zero attached hydrogens (tertiary/aromatic N) is 3. The highest BCUT2D eigenvalue weighted by molar-refractivity contribution is 5.82. The first-order valence-electron chi connectivity index (χ1n) is 6.61. The molecule has 0 fully saturated rings. The third-order valence-corrected chi connectivity index (χ3v) is 3.30. The van der Waals surface area contributed by atoms with Crippen molar-refractivity contribution < 1.29 is 4.52 Å². The second-order valence-corrected chi connectivity index (χ2v) is 4.82. The molecule has 0 saturated heterocycles. The molecule has 3 aromatic rings. The molecule has 0 aliphatic rings. The lowest BCUT2D eigenvalue weighted by Crippen LogP contribution is -2.24. The van der Waals surface area contributed by atoms with Crippen LogP contribution >= 0.6 is 0 Å². The van der Waals surface area contributed by atoms with Crippen LogP contribution in [0.3, 0.4) is 0 Å². The molecule has 2 heterocycles. The molecule has 1 unspecified atom stereocenters. The van der Waals surface area contributed by atoms with Crippen LogP contribution in [0.4, 0.5) is 0 Å². The second kappa shape index (κ2) is 5.38. The van der Waals surface area contributed by atoms with Crippen molar-refractivity contribution in [2.45, 2.75) is 19.4 Å². The zero-order valence-corrected chi connectivity index (χ0v) is 11.5. The van der Waals surface area contributed by atoms with Crippen LogP contribution in [0.1, 0.15) is 12.7 Å². The van der Waals surface area contributed by atoms with Crippen LogP contribution < -0.4 is 5.32 Å². The van der Waals surface area contributed by atoms with Gasteiger partial charge in [-0.25, -0.2) is 0 Å². The van der Waals surface area contributed by atoms with Crippen LogP contribution in [0.5, 0.6) is 0 Å².